The molecule has 1 aromatic carbocycles. The average molecular weight is 242 g/mol. The van der Waals surface area contributed by atoms with E-state index >= 15 is 0 Å². The summed E-state index contributed by atoms with van der Waals surface area (Å²) >= 11 is 0. The van der Waals surface area contributed by atoms with Crippen molar-refractivity contribution in [2.24, 2.45) is 0 Å². The average Bonchev–Trinajstić information content (AvgIpc) is 2.83. The molecule has 4 nitrogen and oxygen atoms in total. The summed E-state index contributed by atoms with van der Waals surface area (Å²) in [5.41, 5.74) is 3.70. The van der Waals surface area contributed by atoms with Crippen molar-refractivity contribution in [3.63, 3.8) is 0 Å². The zero-order valence-electron chi connectivity index (χ0n) is 10.3. The van der Waals surface area contributed by atoms with E-state index in [-0.39, 0.29) is 5.91 Å². The summed E-state index contributed by atoms with van der Waals surface area (Å²) in [6, 6.07) is 8.90. The minimum Gasteiger partial charge on any atom is -0.348 e. The fourth-order valence-electron chi connectivity index (χ4n) is 1.69. The topological polar surface area (TPSA) is 62.0 Å². The van der Waals surface area contributed by atoms with E-state index in [0.717, 1.165) is 16.8 Å². The van der Waals surface area contributed by atoms with E-state index in [1.54, 1.807) is 12.1 Å². The van der Waals surface area contributed by atoms with Crippen molar-refractivity contribution < 1.29 is 9.59 Å². The van der Waals surface area contributed by atoms with Crippen LogP contribution in [-0.2, 0) is 0 Å². The Balaban J connectivity index is 2.21. The maximum absolute atomic E-state index is 11.9. The van der Waals surface area contributed by atoms with Gasteiger partial charge in [-0.3, -0.25) is 9.59 Å². The van der Waals surface area contributed by atoms with Gasteiger partial charge in [0.25, 0.3) is 5.91 Å². The number of aryl methyl sites for hydroxylation is 1. The van der Waals surface area contributed by atoms with Crippen LogP contribution in [0.3, 0.4) is 0 Å². The molecule has 2 N–H and O–H groups in total. The van der Waals surface area contributed by atoms with Crippen molar-refractivity contribution in [1.29, 1.82) is 0 Å². The minimum atomic E-state index is -0.253. The molecule has 0 saturated carbocycles. The zero-order valence-corrected chi connectivity index (χ0v) is 10.3. The predicted octanol–water partition coefficient (Wildman–Crippen LogP) is 2.70. The molecule has 0 aliphatic carbocycles. The van der Waals surface area contributed by atoms with Gasteiger partial charge in [-0.15, -0.1) is 0 Å². The van der Waals surface area contributed by atoms with Crippen LogP contribution in [-0.4, -0.2) is 17.2 Å². The molecule has 1 amide bonds. The Morgan fingerprint density at radius 1 is 1.22 bits per heavy atom. The predicted molar refractivity (Wildman–Crippen MR) is 70.0 cm³/mol. The molecule has 0 radical (unpaired) electrons. The summed E-state index contributed by atoms with van der Waals surface area (Å²) < 4.78 is 0. The van der Waals surface area contributed by atoms with Gasteiger partial charge in [0.05, 0.1) is 5.69 Å². The highest BCUT2D eigenvalue weighted by atomic mass is 16.2. The Bertz CT molecular complexity index is 600. The van der Waals surface area contributed by atoms with E-state index in [9.17, 15) is 9.59 Å². The summed E-state index contributed by atoms with van der Waals surface area (Å²) in [6.07, 6.45) is 0.675. The van der Waals surface area contributed by atoms with E-state index in [2.05, 4.69) is 10.3 Å². The van der Waals surface area contributed by atoms with Crippen LogP contribution in [0.1, 0.15) is 32.1 Å². The van der Waals surface area contributed by atoms with E-state index in [1.807, 2.05) is 32.0 Å². The van der Waals surface area contributed by atoms with Crippen LogP contribution >= 0.6 is 0 Å². The number of hydrogen-bond acceptors (Lipinski definition) is 2. The van der Waals surface area contributed by atoms with E-state index in [4.69, 9.17) is 0 Å². The first kappa shape index (κ1) is 12.1. The third kappa shape index (κ3) is 2.32. The van der Waals surface area contributed by atoms with Gasteiger partial charge in [-0.05, 0) is 43.2 Å². The number of rotatable bonds is 3. The molecule has 0 spiro atoms. The van der Waals surface area contributed by atoms with Gasteiger partial charge in [0.1, 0.15) is 5.69 Å². The summed E-state index contributed by atoms with van der Waals surface area (Å²) in [6.45, 7) is 3.95. The number of H-pyrrole nitrogens is 1. The van der Waals surface area contributed by atoms with Gasteiger partial charge in [-0.2, -0.15) is 0 Å². The van der Waals surface area contributed by atoms with E-state index in [1.165, 1.54) is 0 Å². The van der Waals surface area contributed by atoms with Crippen LogP contribution in [0.4, 0.5) is 5.69 Å². The van der Waals surface area contributed by atoms with Gasteiger partial charge >= 0.3 is 0 Å². The monoisotopic (exact) mass is 242 g/mol. The number of aldehydes is 1. The number of amides is 1. The third-order valence-electron chi connectivity index (χ3n) is 2.93. The molecule has 0 unspecified atom stereocenters. The number of nitrogens with one attached hydrogen (secondary N) is 2. The van der Waals surface area contributed by atoms with Gasteiger partial charge in [0.15, 0.2) is 6.29 Å². The first-order valence-electron chi connectivity index (χ1n) is 5.63. The second-order valence-corrected chi connectivity index (χ2v) is 4.15. The fraction of sp³-hybridized carbons (Fsp3) is 0.143. The highest BCUT2D eigenvalue weighted by Gasteiger charge is 2.10. The smallest absolute Gasteiger partial charge is 0.272 e. The summed E-state index contributed by atoms with van der Waals surface area (Å²) in [5.74, 6) is -0.253. The highest BCUT2D eigenvalue weighted by molar-refractivity contribution is 6.04. The Labute approximate surface area is 105 Å². The fourth-order valence-corrected chi connectivity index (χ4v) is 1.69. The number of carbonyl (C=O) groups is 2. The quantitative estimate of drug-likeness (QED) is 0.813. The number of hydrogen-bond donors (Lipinski definition) is 2. The minimum absolute atomic E-state index is 0.253. The van der Waals surface area contributed by atoms with Crippen LogP contribution in [0.25, 0.3) is 0 Å². The van der Waals surface area contributed by atoms with Crippen molar-refractivity contribution in [3.8, 4) is 0 Å². The lowest BCUT2D eigenvalue weighted by Crippen LogP contribution is -2.13. The van der Waals surface area contributed by atoms with Gasteiger partial charge in [0.2, 0.25) is 0 Å². The molecule has 0 atom stereocenters. The normalized spacial score (nSPS) is 10.1. The van der Waals surface area contributed by atoms with Crippen molar-refractivity contribution in [2.75, 3.05) is 5.32 Å². The lowest BCUT2D eigenvalue weighted by molar-refractivity contribution is 0.102. The van der Waals surface area contributed by atoms with Crippen LogP contribution in [0.15, 0.2) is 30.3 Å². The number of anilines is 1. The van der Waals surface area contributed by atoms with Gasteiger partial charge in [0, 0.05) is 5.69 Å². The van der Waals surface area contributed by atoms with Crippen LogP contribution in [0.5, 0.6) is 0 Å². The molecule has 4 heteroatoms. The molecular weight excluding hydrogens is 228 g/mol. The largest absolute Gasteiger partial charge is 0.348 e. The molecule has 0 fully saturated rings. The van der Waals surface area contributed by atoms with Crippen LogP contribution in [0.2, 0.25) is 0 Å². The second kappa shape index (κ2) is 4.87. The zero-order chi connectivity index (χ0) is 13.1. The third-order valence-corrected chi connectivity index (χ3v) is 2.93. The second-order valence-electron chi connectivity index (χ2n) is 4.15. The molecule has 2 rings (SSSR count). The molecule has 18 heavy (non-hydrogen) atoms. The van der Waals surface area contributed by atoms with E-state index < -0.39 is 0 Å². The Morgan fingerprint density at radius 3 is 2.67 bits per heavy atom. The lowest BCUT2D eigenvalue weighted by Gasteiger charge is -2.09. The molecule has 0 saturated heterocycles. The van der Waals surface area contributed by atoms with Crippen LogP contribution < -0.4 is 5.32 Å². The molecular formula is C14H14N2O2. The summed E-state index contributed by atoms with van der Waals surface area (Å²) in [5, 5.41) is 2.82. The first-order chi connectivity index (χ1) is 8.61. The van der Waals surface area contributed by atoms with Crippen LogP contribution in [0, 0.1) is 13.8 Å². The van der Waals surface area contributed by atoms with E-state index in [0.29, 0.717) is 17.7 Å². The molecule has 1 heterocycles. The number of benzene rings is 1. The molecule has 0 aliphatic rings. The molecule has 1 aromatic heterocycles. The Morgan fingerprint density at radius 2 is 2.00 bits per heavy atom. The number of carbonyl (C=O) groups excluding carboxylic acids is 2. The Kier molecular flexibility index (Phi) is 3.28. The molecule has 0 aliphatic heterocycles. The lowest BCUT2D eigenvalue weighted by atomic mass is 10.1. The SMILES string of the molecule is Cc1cccc(NC(=O)c2ccc(C=O)[nH]2)c1C. The number of aromatic amines is 1. The highest BCUT2D eigenvalue weighted by Crippen LogP contribution is 2.18. The van der Waals surface area contributed by atoms with Crippen molar-refractivity contribution >= 4 is 17.9 Å². The number of aromatic nitrogens is 1. The van der Waals surface area contributed by atoms with Crippen molar-refractivity contribution in [1.82, 2.24) is 4.98 Å². The van der Waals surface area contributed by atoms with Gasteiger partial charge in [-0.25, -0.2) is 0 Å². The molecule has 0 bridgehead atoms. The van der Waals surface area contributed by atoms with Crippen molar-refractivity contribution in [3.05, 3.63) is 52.8 Å². The Hall–Kier alpha value is -2.36. The van der Waals surface area contributed by atoms with Gasteiger partial charge in [-0.1, -0.05) is 12.1 Å². The van der Waals surface area contributed by atoms with Gasteiger partial charge < -0.3 is 10.3 Å². The maximum atomic E-state index is 11.9. The molecule has 92 valence electrons. The standard InChI is InChI=1S/C14H14N2O2/c1-9-4-3-5-12(10(9)2)16-14(18)13-7-6-11(8-17)15-13/h3-8,15H,1-2H3,(H,16,18). The summed E-state index contributed by atoms with van der Waals surface area (Å²) in [4.78, 5) is 25.2. The van der Waals surface area contributed by atoms with Crippen molar-refractivity contribution in [2.45, 2.75) is 13.8 Å². The molecule has 2 aromatic rings. The maximum Gasteiger partial charge on any atom is 0.272 e. The summed E-state index contributed by atoms with van der Waals surface area (Å²) in [7, 11) is 0. The first-order valence-corrected chi connectivity index (χ1v) is 5.63.